The maximum atomic E-state index is 12.6. The SMILES string of the molecule is CC(C)(C)OC(=O)N1CCCC12CCC(c1ccccc1)CC2. The lowest BCUT2D eigenvalue weighted by Gasteiger charge is -2.44. The summed E-state index contributed by atoms with van der Waals surface area (Å²) in [6.07, 6.45) is 6.67. The summed E-state index contributed by atoms with van der Waals surface area (Å²) in [6, 6.07) is 10.8. The summed E-state index contributed by atoms with van der Waals surface area (Å²) in [5.74, 6) is 0.642. The van der Waals surface area contributed by atoms with E-state index in [-0.39, 0.29) is 11.6 Å². The second-order valence-corrected chi connectivity index (χ2v) is 8.14. The molecule has 3 nitrogen and oxygen atoms in total. The Morgan fingerprint density at radius 1 is 1.13 bits per heavy atom. The van der Waals surface area contributed by atoms with Gasteiger partial charge in [-0.05, 0) is 70.8 Å². The van der Waals surface area contributed by atoms with Gasteiger partial charge in [-0.3, -0.25) is 0 Å². The summed E-state index contributed by atoms with van der Waals surface area (Å²) < 4.78 is 5.65. The van der Waals surface area contributed by atoms with Crippen LogP contribution in [0.3, 0.4) is 0 Å². The van der Waals surface area contributed by atoms with Crippen LogP contribution in [0, 0.1) is 0 Å². The molecule has 1 heterocycles. The van der Waals surface area contributed by atoms with E-state index >= 15 is 0 Å². The van der Waals surface area contributed by atoms with Crippen molar-refractivity contribution >= 4 is 6.09 Å². The zero-order valence-electron chi connectivity index (χ0n) is 14.7. The first-order valence-corrected chi connectivity index (χ1v) is 8.95. The van der Waals surface area contributed by atoms with E-state index in [0.29, 0.717) is 5.92 Å². The summed E-state index contributed by atoms with van der Waals surface area (Å²) in [4.78, 5) is 14.6. The smallest absolute Gasteiger partial charge is 0.410 e. The molecule has 0 radical (unpaired) electrons. The van der Waals surface area contributed by atoms with Crippen LogP contribution >= 0.6 is 0 Å². The van der Waals surface area contributed by atoms with E-state index in [1.165, 1.54) is 18.4 Å². The van der Waals surface area contributed by atoms with Crippen LogP contribution < -0.4 is 0 Å². The molecule has 0 aromatic heterocycles. The van der Waals surface area contributed by atoms with Crippen LogP contribution in [0.4, 0.5) is 4.79 Å². The highest BCUT2D eigenvalue weighted by atomic mass is 16.6. The highest BCUT2D eigenvalue weighted by Crippen LogP contribution is 2.46. The molecule has 1 aliphatic carbocycles. The molecule has 1 spiro atoms. The highest BCUT2D eigenvalue weighted by Gasteiger charge is 2.47. The first-order chi connectivity index (χ1) is 10.9. The van der Waals surface area contributed by atoms with Gasteiger partial charge in [-0.2, -0.15) is 0 Å². The summed E-state index contributed by atoms with van der Waals surface area (Å²) in [5.41, 5.74) is 1.08. The van der Waals surface area contributed by atoms with Gasteiger partial charge in [0.2, 0.25) is 0 Å². The monoisotopic (exact) mass is 315 g/mol. The molecule has 2 aliphatic rings. The number of rotatable bonds is 1. The predicted octanol–water partition coefficient (Wildman–Crippen LogP) is 5.11. The maximum Gasteiger partial charge on any atom is 0.410 e. The van der Waals surface area contributed by atoms with Crippen LogP contribution in [-0.2, 0) is 4.74 Å². The van der Waals surface area contributed by atoms with Gasteiger partial charge in [0.1, 0.15) is 5.60 Å². The zero-order chi connectivity index (χ0) is 16.5. The van der Waals surface area contributed by atoms with E-state index in [2.05, 4.69) is 30.3 Å². The van der Waals surface area contributed by atoms with Gasteiger partial charge in [-0.1, -0.05) is 30.3 Å². The van der Waals surface area contributed by atoms with Crippen molar-refractivity contribution < 1.29 is 9.53 Å². The van der Waals surface area contributed by atoms with Crippen molar-refractivity contribution in [1.29, 1.82) is 0 Å². The molecule has 126 valence electrons. The molecule has 0 bridgehead atoms. The van der Waals surface area contributed by atoms with Crippen molar-refractivity contribution in [1.82, 2.24) is 4.90 Å². The normalized spacial score (nSPS) is 28.1. The van der Waals surface area contributed by atoms with Crippen LogP contribution in [0.1, 0.15) is 70.8 Å². The van der Waals surface area contributed by atoms with Crippen LogP contribution in [-0.4, -0.2) is 28.7 Å². The molecule has 0 N–H and O–H groups in total. The average Bonchev–Trinajstić information content (AvgIpc) is 2.91. The highest BCUT2D eigenvalue weighted by molar-refractivity contribution is 5.69. The van der Waals surface area contributed by atoms with Gasteiger partial charge in [0.15, 0.2) is 0 Å². The second-order valence-electron chi connectivity index (χ2n) is 8.14. The lowest BCUT2D eigenvalue weighted by molar-refractivity contribution is -0.000653. The average molecular weight is 315 g/mol. The van der Waals surface area contributed by atoms with E-state index in [1.54, 1.807) is 0 Å². The molecule has 0 unspecified atom stereocenters. The number of carbonyl (C=O) groups excluding carboxylic acids is 1. The van der Waals surface area contributed by atoms with Gasteiger partial charge < -0.3 is 9.64 Å². The Morgan fingerprint density at radius 3 is 2.39 bits per heavy atom. The van der Waals surface area contributed by atoms with E-state index in [0.717, 1.165) is 32.2 Å². The van der Waals surface area contributed by atoms with Crippen molar-refractivity contribution in [2.45, 2.75) is 76.4 Å². The minimum Gasteiger partial charge on any atom is -0.444 e. The van der Waals surface area contributed by atoms with Gasteiger partial charge in [-0.25, -0.2) is 4.79 Å². The third kappa shape index (κ3) is 3.54. The topological polar surface area (TPSA) is 29.5 Å². The molecular weight excluding hydrogens is 286 g/mol. The van der Waals surface area contributed by atoms with Crippen molar-refractivity contribution in [3.8, 4) is 0 Å². The van der Waals surface area contributed by atoms with Crippen LogP contribution in [0.15, 0.2) is 30.3 Å². The third-order valence-corrected chi connectivity index (χ3v) is 5.40. The Kier molecular flexibility index (Phi) is 4.39. The van der Waals surface area contributed by atoms with Crippen molar-refractivity contribution in [2.75, 3.05) is 6.54 Å². The number of hydrogen-bond donors (Lipinski definition) is 0. The molecule has 3 rings (SSSR count). The number of nitrogens with zero attached hydrogens (tertiary/aromatic N) is 1. The predicted molar refractivity (Wildman–Crippen MR) is 92.6 cm³/mol. The molecule has 1 saturated heterocycles. The van der Waals surface area contributed by atoms with Gasteiger partial charge >= 0.3 is 6.09 Å². The van der Waals surface area contributed by atoms with E-state index < -0.39 is 5.60 Å². The van der Waals surface area contributed by atoms with Crippen LogP contribution in [0.5, 0.6) is 0 Å². The molecule has 1 aromatic rings. The maximum absolute atomic E-state index is 12.6. The summed E-state index contributed by atoms with van der Waals surface area (Å²) in [5, 5.41) is 0. The van der Waals surface area contributed by atoms with E-state index in [1.807, 2.05) is 25.7 Å². The largest absolute Gasteiger partial charge is 0.444 e. The number of benzene rings is 1. The number of ether oxygens (including phenoxy) is 1. The van der Waals surface area contributed by atoms with Crippen molar-refractivity contribution in [2.24, 2.45) is 0 Å². The Balaban J connectivity index is 1.67. The Labute approximate surface area is 140 Å². The van der Waals surface area contributed by atoms with Gasteiger partial charge in [0.25, 0.3) is 0 Å². The molecule has 3 heteroatoms. The minimum atomic E-state index is -0.415. The molecule has 1 aromatic carbocycles. The van der Waals surface area contributed by atoms with Gasteiger partial charge in [0, 0.05) is 12.1 Å². The quantitative estimate of drug-likeness (QED) is 0.720. The van der Waals surface area contributed by atoms with E-state index in [4.69, 9.17) is 4.74 Å². The lowest BCUT2D eigenvalue weighted by atomic mass is 9.73. The fourth-order valence-electron chi connectivity index (χ4n) is 4.27. The molecule has 0 atom stereocenters. The zero-order valence-corrected chi connectivity index (χ0v) is 14.7. The fraction of sp³-hybridized carbons (Fsp3) is 0.650. The van der Waals surface area contributed by atoms with Crippen LogP contribution in [0.25, 0.3) is 0 Å². The van der Waals surface area contributed by atoms with Crippen LogP contribution in [0.2, 0.25) is 0 Å². The third-order valence-electron chi connectivity index (χ3n) is 5.40. The first kappa shape index (κ1) is 16.4. The molecule has 1 saturated carbocycles. The molecule has 23 heavy (non-hydrogen) atoms. The summed E-state index contributed by atoms with van der Waals surface area (Å²) in [7, 11) is 0. The van der Waals surface area contributed by atoms with Crippen molar-refractivity contribution in [3.63, 3.8) is 0 Å². The molecular formula is C20H29NO2. The van der Waals surface area contributed by atoms with Crippen molar-refractivity contribution in [3.05, 3.63) is 35.9 Å². The Bertz CT molecular complexity index is 539. The first-order valence-electron chi connectivity index (χ1n) is 8.95. The number of hydrogen-bond acceptors (Lipinski definition) is 2. The standard InChI is InChI=1S/C20H29NO2/c1-19(2,3)23-18(22)21-15-7-12-20(21)13-10-17(11-14-20)16-8-5-4-6-9-16/h4-6,8-9,17H,7,10-15H2,1-3H3. The summed E-state index contributed by atoms with van der Waals surface area (Å²) in [6.45, 7) is 6.69. The lowest BCUT2D eigenvalue weighted by Crippen LogP contribution is -2.50. The Hall–Kier alpha value is -1.51. The molecule has 2 fully saturated rings. The summed E-state index contributed by atoms with van der Waals surface area (Å²) >= 11 is 0. The van der Waals surface area contributed by atoms with E-state index in [9.17, 15) is 4.79 Å². The minimum absolute atomic E-state index is 0.0492. The Morgan fingerprint density at radius 2 is 1.78 bits per heavy atom. The number of amides is 1. The fourth-order valence-corrected chi connectivity index (χ4v) is 4.27. The second kappa shape index (κ2) is 6.18. The molecule has 1 aliphatic heterocycles. The number of carbonyl (C=O) groups is 1. The molecule has 1 amide bonds. The van der Waals surface area contributed by atoms with Gasteiger partial charge in [0.05, 0.1) is 0 Å². The van der Waals surface area contributed by atoms with Gasteiger partial charge in [-0.15, -0.1) is 0 Å². The number of likely N-dealkylation sites (tertiary alicyclic amines) is 1.